The first-order valence-electron chi connectivity index (χ1n) is 13.5. The molecule has 11 heteroatoms. The van der Waals surface area contributed by atoms with Crippen LogP contribution in [-0.2, 0) is 11.3 Å². The number of hydrogen-bond acceptors (Lipinski definition) is 7. The summed E-state index contributed by atoms with van der Waals surface area (Å²) >= 11 is 0. The summed E-state index contributed by atoms with van der Waals surface area (Å²) in [6, 6.07) is 19.0. The lowest BCUT2D eigenvalue weighted by atomic mass is 10.0. The molecule has 0 bridgehead atoms. The van der Waals surface area contributed by atoms with Crippen LogP contribution in [0.25, 0.3) is 11.3 Å². The Bertz CT molecular complexity index is 1620. The molecule has 2 heterocycles. The Balaban J connectivity index is 1.54. The van der Waals surface area contributed by atoms with E-state index in [1.165, 1.54) is 30.3 Å². The molecular weight excluding hydrogens is 542 g/mol. The molecule has 5 rings (SSSR count). The van der Waals surface area contributed by atoms with Gasteiger partial charge in [0.05, 0.1) is 24.6 Å². The number of nitrogens with one attached hydrogen (secondary N) is 2. The normalized spacial score (nSPS) is 15.4. The highest BCUT2D eigenvalue weighted by Gasteiger charge is 2.33. The molecule has 216 valence electrons. The van der Waals surface area contributed by atoms with E-state index < -0.39 is 23.7 Å². The zero-order valence-corrected chi connectivity index (χ0v) is 22.9. The van der Waals surface area contributed by atoms with Crippen molar-refractivity contribution in [3.63, 3.8) is 0 Å². The summed E-state index contributed by atoms with van der Waals surface area (Å²) in [6.07, 6.45) is -0.952. The van der Waals surface area contributed by atoms with Gasteiger partial charge in [0.2, 0.25) is 5.88 Å². The van der Waals surface area contributed by atoms with Gasteiger partial charge >= 0.3 is 0 Å². The van der Waals surface area contributed by atoms with E-state index in [1.54, 1.807) is 47.1 Å². The average Bonchev–Trinajstić information content (AvgIpc) is 3.39. The number of nitrogen functional groups attached to an aromatic ring is 1. The molecule has 1 aliphatic rings. The Labute approximate surface area is 241 Å². The van der Waals surface area contributed by atoms with E-state index in [2.05, 4.69) is 20.7 Å². The Hall–Kier alpha value is -4.90. The number of carbonyl (C=O) groups excluding carboxylic acids is 2. The van der Waals surface area contributed by atoms with E-state index in [4.69, 9.17) is 10.5 Å². The van der Waals surface area contributed by atoms with Gasteiger partial charge in [0.1, 0.15) is 22.9 Å². The van der Waals surface area contributed by atoms with Crippen LogP contribution in [0.1, 0.15) is 28.4 Å². The van der Waals surface area contributed by atoms with Crippen molar-refractivity contribution < 1.29 is 23.1 Å². The van der Waals surface area contributed by atoms with E-state index in [9.17, 15) is 18.4 Å². The van der Waals surface area contributed by atoms with Crippen molar-refractivity contribution in [2.75, 3.05) is 25.4 Å². The molecule has 1 aliphatic heterocycles. The molecular formula is C31H30F2N6O3. The Kier molecular flexibility index (Phi) is 8.68. The van der Waals surface area contributed by atoms with E-state index in [1.807, 2.05) is 6.92 Å². The van der Waals surface area contributed by atoms with Crippen LogP contribution < -0.4 is 21.1 Å². The van der Waals surface area contributed by atoms with Crippen molar-refractivity contribution in [2.24, 2.45) is 10.9 Å². The topological polar surface area (TPSA) is 124 Å². The zero-order chi connectivity index (χ0) is 29.6. The third kappa shape index (κ3) is 5.91. The number of nitrogens with zero attached hydrogens (tertiary/aromatic N) is 3. The second-order valence-corrected chi connectivity index (χ2v) is 9.77. The minimum absolute atomic E-state index is 0.0180. The number of aromatic nitrogens is 2. The van der Waals surface area contributed by atoms with Crippen molar-refractivity contribution in [2.45, 2.75) is 19.6 Å². The molecule has 9 nitrogen and oxygen atoms in total. The summed E-state index contributed by atoms with van der Waals surface area (Å²) in [5.74, 6) is -1.69. The van der Waals surface area contributed by atoms with Crippen molar-refractivity contribution in [1.82, 2.24) is 20.4 Å². The van der Waals surface area contributed by atoms with Gasteiger partial charge in [-0.15, -0.1) is 0 Å². The number of rotatable bonds is 10. The first-order chi connectivity index (χ1) is 20.4. The molecule has 0 saturated heterocycles. The number of para-hydroxylation sites is 1. The van der Waals surface area contributed by atoms with Crippen LogP contribution in [0.5, 0.6) is 5.88 Å². The monoisotopic (exact) mass is 572 g/mol. The third-order valence-electron chi connectivity index (χ3n) is 6.86. The number of benzene rings is 3. The van der Waals surface area contributed by atoms with Gasteiger partial charge in [-0.3, -0.25) is 14.6 Å². The van der Waals surface area contributed by atoms with Crippen LogP contribution in [0.4, 0.5) is 14.5 Å². The molecule has 0 aliphatic carbocycles. The summed E-state index contributed by atoms with van der Waals surface area (Å²) in [6.45, 7) is 4.24. The van der Waals surface area contributed by atoms with Gasteiger partial charge in [0, 0.05) is 29.2 Å². The largest absolute Gasteiger partial charge is 0.477 e. The number of hydrogen-bond donors (Lipinski definition) is 3. The third-order valence-corrected chi connectivity index (χ3v) is 6.86. The summed E-state index contributed by atoms with van der Waals surface area (Å²) in [7, 11) is 0. The smallest absolute Gasteiger partial charge is 0.261 e. The molecule has 2 atom stereocenters. The number of aliphatic imine (C=N–C) groups is 1. The Morgan fingerprint density at radius 3 is 2.60 bits per heavy atom. The average molecular weight is 573 g/mol. The molecule has 2 unspecified atom stereocenters. The quantitative estimate of drug-likeness (QED) is 0.151. The number of nitrogens with two attached hydrogens (primary N) is 1. The predicted octanol–water partition coefficient (Wildman–Crippen LogP) is 3.82. The van der Waals surface area contributed by atoms with Crippen LogP contribution in [0.15, 0.2) is 77.8 Å². The van der Waals surface area contributed by atoms with Gasteiger partial charge in [0.15, 0.2) is 12.5 Å². The minimum Gasteiger partial charge on any atom is -0.477 e. The fourth-order valence-electron chi connectivity index (χ4n) is 4.81. The number of ether oxygens (including phenoxy) is 1. The molecule has 1 aromatic heterocycles. The van der Waals surface area contributed by atoms with Crippen LogP contribution in [-0.4, -0.2) is 53.5 Å². The predicted molar refractivity (Wildman–Crippen MR) is 155 cm³/mol. The lowest BCUT2D eigenvalue weighted by Crippen LogP contribution is -2.37. The molecule has 1 amide bonds. The van der Waals surface area contributed by atoms with Crippen molar-refractivity contribution >= 4 is 23.6 Å². The molecule has 42 heavy (non-hydrogen) atoms. The second kappa shape index (κ2) is 12.7. The highest BCUT2D eigenvalue weighted by molar-refractivity contribution is 6.16. The van der Waals surface area contributed by atoms with Gasteiger partial charge in [-0.25, -0.2) is 13.5 Å². The number of aldehydes is 1. The number of halogens is 2. The molecule has 0 fully saturated rings. The first-order valence-corrected chi connectivity index (χ1v) is 13.5. The van der Waals surface area contributed by atoms with Gasteiger partial charge in [-0.2, -0.15) is 5.10 Å². The fourth-order valence-corrected chi connectivity index (χ4v) is 4.81. The molecule has 3 aromatic carbocycles. The lowest BCUT2D eigenvalue weighted by molar-refractivity contribution is -0.109. The number of fused-ring (bicyclic) bond motifs is 1. The molecule has 4 N–H and O–H groups in total. The zero-order valence-electron chi connectivity index (χ0n) is 22.9. The second-order valence-electron chi connectivity index (χ2n) is 9.77. The maximum Gasteiger partial charge on any atom is 0.261 e. The van der Waals surface area contributed by atoms with Crippen LogP contribution >= 0.6 is 0 Å². The van der Waals surface area contributed by atoms with Crippen LogP contribution in [0, 0.1) is 17.6 Å². The summed E-state index contributed by atoms with van der Waals surface area (Å²) in [5, 5.41) is 10.4. The maximum atomic E-state index is 14.9. The molecule has 4 aromatic rings. The lowest BCUT2D eigenvalue weighted by Gasteiger charge is -2.24. The van der Waals surface area contributed by atoms with Gasteiger partial charge in [-0.05, 0) is 24.7 Å². The van der Waals surface area contributed by atoms with Crippen LogP contribution in [0.3, 0.4) is 0 Å². The molecule has 0 radical (unpaired) electrons. The van der Waals surface area contributed by atoms with E-state index >= 15 is 0 Å². The van der Waals surface area contributed by atoms with Crippen molar-refractivity contribution in [3.05, 3.63) is 101 Å². The number of carbonyl (C=O) groups is 2. The summed E-state index contributed by atoms with van der Waals surface area (Å²) < 4.78 is 36.8. The Morgan fingerprint density at radius 2 is 1.86 bits per heavy atom. The summed E-state index contributed by atoms with van der Waals surface area (Å²) in [5.41, 5.74) is 7.08. The molecule has 0 spiro atoms. The van der Waals surface area contributed by atoms with E-state index in [-0.39, 0.29) is 45.6 Å². The molecule has 0 saturated carbocycles. The highest BCUT2D eigenvalue weighted by atomic mass is 19.1. The minimum atomic E-state index is -1.40. The number of anilines is 1. The van der Waals surface area contributed by atoms with Gasteiger partial charge < -0.3 is 21.1 Å². The van der Waals surface area contributed by atoms with Gasteiger partial charge in [0.25, 0.3) is 5.91 Å². The number of amides is 1. The van der Waals surface area contributed by atoms with Crippen molar-refractivity contribution in [3.8, 4) is 17.1 Å². The van der Waals surface area contributed by atoms with Gasteiger partial charge in [-0.1, -0.05) is 61.5 Å². The maximum absolute atomic E-state index is 14.9. The van der Waals surface area contributed by atoms with Crippen molar-refractivity contribution in [1.29, 1.82) is 0 Å². The first kappa shape index (κ1) is 28.6. The van der Waals surface area contributed by atoms with E-state index in [0.29, 0.717) is 31.5 Å². The Morgan fingerprint density at radius 1 is 1.12 bits per heavy atom. The highest BCUT2D eigenvalue weighted by Crippen LogP contribution is 2.35. The SMILES string of the molecule is CCNCC1COc2c(C(=O)NC(C=O)/N=C(/c3ccccc3)c3cccc(F)c3N)c(-c3ccccc3F)nn2C1. The summed E-state index contributed by atoms with van der Waals surface area (Å²) in [4.78, 5) is 30.5. The standard InChI is InChI=1S/C31H30F2N6O3/c1-2-35-15-19-16-39-31(42-18-19)26(29(38-39)21-11-6-7-13-23(21)32)30(41)37-25(17-40)36-28(20-9-4-3-5-10-20)22-12-8-14-24(33)27(22)34/h3-14,17,19,25,35H,2,15-16,18,34H2,1H3,(H,37,41)/b36-28-. The fraction of sp³-hybridized carbons (Fsp3) is 0.226. The van der Waals surface area contributed by atoms with E-state index in [0.717, 1.165) is 6.54 Å². The van der Waals surface area contributed by atoms with Crippen LogP contribution in [0.2, 0.25) is 0 Å².